The lowest BCUT2D eigenvalue weighted by Crippen LogP contribution is -2.38. The first-order valence-electron chi connectivity index (χ1n) is 9.40. The van der Waals surface area contributed by atoms with Gasteiger partial charge in [-0.05, 0) is 23.3 Å². The molecule has 6 heteroatoms. The molecule has 2 heterocycles. The Bertz CT molecular complexity index is 1040. The maximum Gasteiger partial charge on any atom is 0.251 e. The number of aromatic nitrogens is 2. The predicted molar refractivity (Wildman–Crippen MR) is 111 cm³/mol. The van der Waals surface area contributed by atoms with Crippen LogP contribution in [0.1, 0.15) is 30.8 Å². The molecule has 1 amide bonds. The molecule has 0 bridgehead atoms. The average Bonchev–Trinajstić information content (AvgIpc) is 3.02. The molecular weight excluding hydrogens is 370 g/mol. The van der Waals surface area contributed by atoms with Crippen molar-refractivity contribution in [2.24, 2.45) is 5.41 Å². The van der Waals surface area contributed by atoms with Gasteiger partial charge in [0.05, 0.1) is 11.1 Å². The predicted octanol–water partition coefficient (Wildman–Crippen LogP) is 3.53. The summed E-state index contributed by atoms with van der Waals surface area (Å²) in [4.78, 5) is 33.5. The van der Waals surface area contributed by atoms with E-state index in [-0.39, 0.29) is 16.9 Å². The number of benzene rings is 1. The maximum atomic E-state index is 13.0. The van der Waals surface area contributed by atoms with Crippen LogP contribution in [0.4, 0.5) is 0 Å². The van der Waals surface area contributed by atoms with Gasteiger partial charge in [-0.2, -0.15) is 0 Å². The molecule has 1 aromatic carbocycles. The van der Waals surface area contributed by atoms with Crippen molar-refractivity contribution in [3.05, 3.63) is 74.8 Å². The number of aromatic amines is 1. The molecule has 0 unspecified atom stereocenters. The van der Waals surface area contributed by atoms with E-state index in [1.54, 1.807) is 11.3 Å². The molecule has 28 heavy (non-hydrogen) atoms. The highest BCUT2D eigenvalue weighted by atomic mass is 32.1. The lowest BCUT2D eigenvalue weighted by molar-refractivity contribution is -0.124. The van der Waals surface area contributed by atoms with E-state index >= 15 is 0 Å². The monoisotopic (exact) mass is 393 g/mol. The second-order valence-electron chi connectivity index (χ2n) is 7.90. The van der Waals surface area contributed by atoms with Gasteiger partial charge in [-0.25, -0.2) is 4.98 Å². The second-order valence-corrected chi connectivity index (χ2v) is 8.85. The SMILES string of the molecule is CC1(C)C[C@@]1(C(=O)NCCc1cc(=O)[nH]c(-c2ccccc2)n1)c1cccs1. The Labute approximate surface area is 167 Å². The van der Waals surface area contributed by atoms with Crippen LogP contribution >= 0.6 is 11.3 Å². The summed E-state index contributed by atoms with van der Waals surface area (Å²) in [5.74, 6) is 0.612. The zero-order valence-corrected chi connectivity index (χ0v) is 16.8. The molecule has 1 saturated carbocycles. The first kappa shape index (κ1) is 18.6. The topological polar surface area (TPSA) is 74.8 Å². The van der Waals surface area contributed by atoms with Crippen molar-refractivity contribution in [3.63, 3.8) is 0 Å². The Kier molecular flexibility index (Phi) is 4.67. The molecule has 0 saturated heterocycles. The van der Waals surface area contributed by atoms with Gasteiger partial charge in [0, 0.05) is 29.5 Å². The Hall–Kier alpha value is -2.73. The van der Waals surface area contributed by atoms with Crippen molar-refractivity contribution in [1.82, 2.24) is 15.3 Å². The molecule has 0 spiro atoms. The Morgan fingerprint density at radius 3 is 2.61 bits per heavy atom. The molecule has 1 atom stereocenters. The van der Waals surface area contributed by atoms with Gasteiger partial charge >= 0.3 is 0 Å². The van der Waals surface area contributed by atoms with Crippen LogP contribution < -0.4 is 10.9 Å². The average molecular weight is 394 g/mol. The summed E-state index contributed by atoms with van der Waals surface area (Å²) in [6, 6.07) is 15.1. The lowest BCUT2D eigenvalue weighted by Gasteiger charge is -2.19. The summed E-state index contributed by atoms with van der Waals surface area (Å²) in [5.41, 5.74) is 0.876. The highest BCUT2D eigenvalue weighted by Crippen LogP contribution is 2.65. The highest BCUT2D eigenvalue weighted by molar-refractivity contribution is 7.10. The molecule has 0 aliphatic heterocycles. The number of rotatable bonds is 6. The van der Waals surface area contributed by atoms with E-state index in [1.807, 2.05) is 47.8 Å². The summed E-state index contributed by atoms with van der Waals surface area (Å²) in [6.45, 7) is 4.72. The number of hydrogen-bond donors (Lipinski definition) is 2. The number of carbonyl (C=O) groups is 1. The van der Waals surface area contributed by atoms with Gasteiger partial charge in [0.25, 0.3) is 5.56 Å². The van der Waals surface area contributed by atoms with Crippen LogP contribution in [0.25, 0.3) is 11.4 Å². The van der Waals surface area contributed by atoms with Crippen molar-refractivity contribution in [2.45, 2.75) is 32.1 Å². The van der Waals surface area contributed by atoms with Crippen molar-refractivity contribution in [1.29, 1.82) is 0 Å². The largest absolute Gasteiger partial charge is 0.355 e. The first-order chi connectivity index (χ1) is 13.4. The van der Waals surface area contributed by atoms with Gasteiger partial charge in [-0.1, -0.05) is 50.2 Å². The first-order valence-corrected chi connectivity index (χ1v) is 10.3. The van der Waals surface area contributed by atoms with E-state index in [9.17, 15) is 9.59 Å². The van der Waals surface area contributed by atoms with Crippen LogP contribution in [0.15, 0.2) is 58.7 Å². The fourth-order valence-electron chi connectivity index (χ4n) is 3.88. The Morgan fingerprint density at radius 1 is 1.21 bits per heavy atom. The number of nitrogens with zero attached hydrogens (tertiary/aromatic N) is 1. The lowest BCUT2D eigenvalue weighted by atomic mass is 9.93. The standard InChI is InChI=1S/C22H23N3O2S/c1-21(2)14-22(21,17-9-6-12-28-17)20(27)23-11-10-16-13-18(26)25-19(24-16)15-7-4-3-5-8-15/h3-9,12-13H,10-11,14H2,1-2H3,(H,23,27)(H,24,25,26)/t22-/m0/s1. The molecule has 1 aliphatic rings. The van der Waals surface area contributed by atoms with E-state index in [0.717, 1.165) is 16.9 Å². The van der Waals surface area contributed by atoms with Crippen LogP contribution in [0.3, 0.4) is 0 Å². The van der Waals surface area contributed by atoms with Crippen molar-refractivity contribution >= 4 is 17.2 Å². The Balaban J connectivity index is 1.45. The minimum Gasteiger partial charge on any atom is -0.355 e. The Morgan fingerprint density at radius 2 is 1.96 bits per heavy atom. The number of nitrogens with one attached hydrogen (secondary N) is 2. The van der Waals surface area contributed by atoms with Crippen molar-refractivity contribution in [3.8, 4) is 11.4 Å². The zero-order chi connectivity index (χ0) is 19.8. The summed E-state index contributed by atoms with van der Waals surface area (Å²) >= 11 is 1.64. The molecule has 4 rings (SSSR count). The molecule has 2 aromatic heterocycles. The van der Waals surface area contributed by atoms with Crippen LogP contribution in [-0.4, -0.2) is 22.4 Å². The molecule has 5 nitrogen and oxygen atoms in total. The maximum absolute atomic E-state index is 13.0. The summed E-state index contributed by atoms with van der Waals surface area (Å²) in [6.07, 6.45) is 1.37. The van der Waals surface area contributed by atoms with Gasteiger partial charge in [0.2, 0.25) is 5.91 Å². The fourth-order valence-corrected chi connectivity index (χ4v) is 4.99. The third-order valence-corrected chi connectivity index (χ3v) is 6.61. The van der Waals surface area contributed by atoms with Gasteiger partial charge < -0.3 is 10.3 Å². The van der Waals surface area contributed by atoms with E-state index in [1.165, 1.54) is 6.07 Å². The number of thiophene rings is 1. The summed E-state index contributed by atoms with van der Waals surface area (Å²) < 4.78 is 0. The third-order valence-electron chi connectivity index (χ3n) is 5.58. The van der Waals surface area contributed by atoms with Gasteiger partial charge in [-0.3, -0.25) is 9.59 Å². The number of carbonyl (C=O) groups excluding carboxylic acids is 1. The minimum absolute atomic E-state index is 0.0371. The van der Waals surface area contributed by atoms with Gasteiger partial charge in [-0.15, -0.1) is 11.3 Å². The van der Waals surface area contributed by atoms with Gasteiger partial charge in [0.1, 0.15) is 5.82 Å². The van der Waals surface area contributed by atoms with E-state index < -0.39 is 5.41 Å². The molecule has 1 aliphatic carbocycles. The summed E-state index contributed by atoms with van der Waals surface area (Å²) in [5, 5.41) is 5.09. The van der Waals surface area contributed by atoms with Gasteiger partial charge in [0.15, 0.2) is 0 Å². The van der Waals surface area contributed by atoms with Crippen LogP contribution in [0.2, 0.25) is 0 Å². The van der Waals surface area contributed by atoms with E-state index in [2.05, 4.69) is 29.1 Å². The van der Waals surface area contributed by atoms with E-state index in [0.29, 0.717) is 24.5 Å². The second kappa shape index (κ2) is 7.02. The highest BCUT2D eigenvalue weighted by Gasteiger charge is 2.67. The normalized spacial score (nSPS) is 19.9. The minimum atomic E-state index is -0.433. The van der Waals surface area contributed by atoms with Crippen LogP contribution in [-0.2, 0) is 16.6 Å². The molecular formula is C22H23N3O2S. The number of H-pyrrole nitrogens is 1. The zero-order valence-electron chi connectivity index (χ0n) is 16.0. The fraction of sp³-hybridized carbons (Fsp3) is 0.318. The molecule has 1 fully saturated rings. The van der Waals surface area contributed by atoms with Crippen LogP contribution in [0, 0.1) is 5.41 Å². The summed E-state index contributed by atoms with van der Waals surface area (Å²) in [7, 11) is 0. The molecule has 2 N–H and O–H groups in total. The van der Waals surface area contributed by atoms with E-state index in [4.69, 9.17) is 0 Å². The van der Waals surface area contributed by atoms with Crippen LogP contribution in [0.5, 0.6) is 0 Å². The molecule has 144 valence electrons. The van der Waals surface area contributed by atoms with Crippen molar-refractivity contribution < 1.29 is 4.79 Å². The number of amides is 1. The smallest absolute Gasteiger partial charge is 0.251 e. The number of hydrogen-bond acceptors (Lipinski definition) is 4. The van der Waals surface area contributed by atoms with Crippen molar-refractivity contribution in [2.75, 3.05) is 6.54 Å². The quantitative estimate of drug-likeness (QED) is 0.673. The molecule has 0 radical (unpaired) electrons. The third kappa shape index (κ3) is 3.29. The molecule has 3 aromatic rings.